The maximum atomic E-state index is 5.92. The van der Waals surface area contributed by atoms with Gasteiger partial charge in [0.05, 0.1) is 20.6 Å². The van der Waals surface area contributed by atoms with E-state index in [0.717, 1.165) is 10.5 Å². The topological polar surface area (TPSA) is 0 Å². The molecule has 0 saturated carbocycles. The standard InChI is InChI=1S/C19H41ClN.HI/c1-4-5-6-7-8-9-10-11-12-13-14-15-16-17-18-21(2,3)19-20;/h4-19H2,1-3H3;1H/q+1;/p-1. The highest BCUT2D eigenvalue weighted by atomic mass is 127. The van der Waals surface area contributed by atoms with Crippen LogP contribution in [0.2, 0.25) is 0 Å². The Bertz CT molecular complexity index is 210. The highest BCUT2D eigenvalue weighted by molar-refractivity contribution is 6.16. The predicted molar refractivity (Wildman–Crippen MR) is 98.0 cm³/mol. The molecule has 0 aliphatic rings. The fourth-order valence-corrected chi connectivity index (χ4v) is 2.91. The van der Waals surface area contributed by atoms with Crippen molar-refractivity contribution < 1.29 is 28.5 Å². The second kappa shape index (κ2) is 18.3. The van der Waals surface area contributed by atoms with Crippen LogP contribution in [-0.2, 0) is 0 Å². The first-order valence-electron chi connectivity index (χ1n) is 9.50. The normalized spacial score (nSPS) is 11.5. The van der Waals surface area contributed by atoms with Crippen LogP contribution in [-0.4, -0.2) is 31.1 Å². The lowest BCUT2D eigenvalue weighted by molar-refractivity contribution is -0.879. The van der Waals surface area contributed by atoms with Gasteiger partial charge in [-0.05, 0) is 12.8 Å². The van der Waals surface area contributed by atoms with Crippen molar-refractivity contribution >= 4 is 11.6 Å². The molecule has 22 heavy (non-hydrogen) atoms. The summed E-state index contributed by atoms with van der Waals surface area (Å²) in [4.78, 5) is 0. The molecular formula is C19H41ClIN. The Balaban J connectivity index is 0. The van der Waals surface area contributed by atoms with Gasteiger partial charge in [-0.1, -0.05) is 95.6 Å². The molecule has 0 aromatic carbocycles. The highest BCUT2D eigenvalue weighted by Gasteiger charge is 2.11. The van der Waals surface area contributed by atoms with Crippen molar-refractivity contribution in [3.05, 3.63) is 0 Å². The van der Waals surface area contributed by atoms with Crippen LogP contribution in [0, 0.1) is 0 Å². The molecule has 0 unspecified atom stereocenters. The summed E-state index contributed by atoms with van der Waals surface area (Å²) in [7, 11) is 4.44. The molecule has 0 bridgehead atoms. The summed E-state index contributed by atoms with van der Waals surface area (Å²) in [6, 6.07) is 0.735. The third-order valence-corrected chi connectivity index (χ3v) is 5.09. The lowest BCUT2D eigenvalue weighted by atomic mass is 10.0. The lowest BCUT2D eigenvalue weighted by Gasteiger charge is -2.26. The van der Waals surface area contributed by atoms with E-state index in [-0.39, 0.29) is 24.0 Å². The molecule has 0 fully saturated rings. The van der Waals surface area contributed by atoms with Crippen LogP contribution in [0.15, 0.2) is 0 Å². The SMILES string of the molecule is CCCCCCCCCCCCCCCC[N+](C)(C)CCl.[I-]. The quantitative estimate of drug-likeness (QED) is 0.112. The monoisotopic (exact) mass is 445 g/mol. The molecule has 0 atom stereocenters. The van der Waals surface area contributed by atoms with Crippen LogP contribution in [0.1, 0.15) is 96.8 Å². The number of quaternary nitrogens is 1. The molecule has 0 spiro atoms. The van der Waals surface area contributed by atoms with E-state index < -0.39 is 0 Å². The van der Waals surface area contributed by atoms with Gasteiger partial charge in [0.1, 0.15) is 0 Å². The van der Waals surface area contributed by atoms with Gasteiger partial charge in [-0.3, -0.25) is 0 Å². The van der Waals surface area contributed by atoms with E-state index in [4.69, 9.17) is 11.6 Å². The summed E-state index contributed by atoms with van der Waals surface area (Å²) in [5.74, 6) is 0. The fourth-order valence-electron chi connectivity index (χ4n) is 2.79. The minimum Gasteiger partial charge on any atom is -1.00 e. The molecule has 0 rings (SSSR count). The molecule has 3 heteroatoms. The van der Waals surface area contributed by atoms with E-state index in [2.05, 4.69) is 21.0 Å². The minimum atomic E-state index is 0. The summed E-state index contributed by atoms with van der Waals surface area (Å²) in [5, 5.41) is 0. The molecule has 1 nitrogen and oxygen atoms in total. The second-order valence-corrected chi connectivity index (χ2v) is 7.61. The first-order valence-corrected chi connectivity index (χ1v) is 10.0. The van der Waals surface area contributed by atoms with Gasteiger partial charge in [0.2, 0.25) is 0 Å². The van der Waals surface area contributed by atoms with Crippen molar-refractivity contribution in [2.75, 3.05) is 26.6 Å². The third-order valence-electron chi connectivity index (χ3n) is 4.44. The van der Waals surface area contributed by atoms with Crippen LogP contribution in [0.5, 0.6) is 0 Å². The summed E-state index contributed by atoms with van der Waals surface area (Å²) >= 11 is 5.92. The maximum Gasteiger partial charge on any atom is 0.154 e. The van der Waals surface area contributed by atoms with Crippen LogP contribution in [0.3, 0.4) is 0 Å². The van der Waals surface area contributed by atoms with Crippen molar-refractivity contribution in [3.63, 3.8) is 0 Å². The Morgan fingerprint density at radius 2 is 0.909 bits per heavy atom. The summed E-state index contributed by atoms with van der Waals surface area (Å²) < 4.78 is 0.958. The minimum absolute atomic E-state index is 0. The zero-order valence-electron chi connectivity index (χ0n) is 15.5. The average molecular weight is 446 g/mol. The Morgan fingerprint density at radius 3 is 1.23 bits per heavy atom. The zero-order chi connectivity index (χ0) is 15.8. The van der Waals surface area contributed by atoms with E-state index >= 15 is 0 Å². The Labute approximate surface area is 163 Å². The van der Waals surface area contributed by atoms with Crippen molar-refractivity contribution in [2.45, 2.75) is 96.8 Å². The van der Waals surface area contributed by atoms with E-state index in [1.54, 1.807) is 0 Å². The van der Waals surface area contributed by atoms with Gasteiger partial charge in [0.25, 0.3) is 0 Å². The Hall–Kier alpha value is 0.980. The molecule has 0 aromatic heterocycles. The Morgan fingerprint density at radius 1 is 0.591 bits per heavy atom. The summed E-state index contributed by atoms with van der Waals surface area (Å²) in [5.41, 5.74) is 0. The van der Waals surface area contributed by atoms with Crippen molar-refractivity contribution in [1.29, 1.82) is 0 Å². The van der Waals surface area contributed by atoms with Crippen molar-refractivity contribution in [2.24, 2.45) is 0 Å². The first-order chi connectivity index (χ1) is 10.1. The molecule has 0 aromatic rings. The van der Waals surface area contributed by atoms with Gasteiger partial charge in [-0.15, -0.1) is 0 Å². The zero-order valence-corrected chi connectivity index (χ0v) is 18.4. The van der Waals surface area contributed by atoms with E-state index in [0.29, 0.717) is 0 Å². The van der Waals surface area contributed by atoms with E-state index in [9.17, 15) is 0 Å². The lowest BCUT2D eigenvalue weighted by Crippen LogP contribution is -3.00. The molecular weight excluding hydrogens is 405 g/mol. The van der Waals surface area contributed by atoms with E-state index in [1.165, 1.54) is 96.4 Å². The van der Waals surface area contributed by atoms with Gasteiger partial charge in [-0.2, -0.15) is 0 Å². The summed E-state index contributed by atoms with van der Waals surface area (Å²) in [6.45, 7) is 3.51. The molecule has 0 aliphatic carbocycles. The molecule has 0 saturated heterocycles. The molecule has 0 heterocycles. The van der Waals surface area contributed by atoms with Gasteiger partial charge >= 0.3 is 0 Å². The van der Waals surface area contributed by atoms with Gasteiger partial charge in [-0.25, -0.2) is 0 Å². The number of hydrogen-bond acceptors (Lipinski definition) is 0. The number of hydrogen-bond donors (Lipinski definition) is 0. The molecule has 0 amide bonds. The second-order valence-electron chi connectivity index (χ2n) is 7.38. The van der Waals surface area contributed by atoms with Crippen LogP contribution >= 0.6 is 11.6 Å². The summed E-state index contributed by atoms with van der Waals surface area (Å²) in [6.07, 6.45) is 20.0. The van der Waals surface area contributed by atoms with Crippen molar-refractivity contribution in [3.8, 4) is 0 Å². The number of rotatable bonds is 16. The van der Waals surface area contributed by atoms with Gasteiger partial charge in [0.15, 0.2) is 6.00 Å². The van der Waals surface area contributed by atoms with Crippen LogP contribution < -0.4 is 24.0 Å². The predicted octanol–water partition coefficient (Wildman–Crippen LogP) is 3.74. The number of halogens is 2. The average Bonchev–Trinajstić information content (AvgIpc) is 2.47. The van der Waals surface area contributed by atoms with Crippen LogP contribution in [0.25, 0.3) is 0 Å². The number of nitrogens with zero attached hydrogens (tertiary/aromatic N) is 1. The number of alkyl halides is 1. The molecule has 0 aliphatic heterocycles. The van der Waals surface area contributed by atoms with Gasteiger partial charge in [0, 0.05) is 0 Å². The van der Waals surface area contributed by atoms with E-state index in [1.807, 2.05) is 0 Å². The molecule has 136 valence electrons. The largest absolute Gasteiger partial charge is 1.00 e. The highest BCUT2D eigenvalue weighted by Crippen LogP contribution is 2.13. The van der Waals surface area contributed by atoms with Gasteiger partial charge < -0.3 is 28.5 Å². The fraction of sp³-hybridized carbons (Fsp3) is 1.00. The number of unbranched alkanes of at least 4 members (excludes halogenated alkanes) is 13. The Kier molecular flexibility index (Phi) is 21.0. The smallest absolute Gasteiger partial charge is 0.154 e. The van der Waals surface area contributed by atoms with Crippen molar-refractivity contribution in [1.82, 2.24) is 0 Å². The maximum absolute atomic E-state index is 5.92. The van der Waals surface area contributed by atoms with Crippen LogP contribution in [0.4, 0.5) is 0 Å². The first kappa shape index (κ1) is 25.2. The molecule has 0 N–H and O–H groups in total. The third kappa shape index (κ3) is 19.0. The molecule has 0 radical (unpaired) electrons.